The van der Waals surface area contributed by atoms with Gasteiger partial charge in [0.2, 0.25) is 0 Å². The molecule has 0 aliphatic heterocycles. The molecule has 1 aromatic carbocycles. The third-order valence-electron chi connectivity index (χ3n) is 2.90. The summed E-state index contributed by atoms with van der Waals surface area (Å²) < 4.78 is 27.5. The van der Waals surface area contributed by atoms with Gasteiger partial charge >= 0.3 is 0 Å². The number of pyridine rings is 2. The van der Waals surface area contributed by atoms with Crippen molar-refractivity contribution in [3.05, 3.63) is 63.5 Å². The number of halogens is 3. The first-order valence-corrected chi connectivity index (χ1v) is 6.08. The summed E-state index contributed by atoms with van der Waals surface area (Å²) in [6.07, 6.45) is 1.40. The first kappa shape index (κ1) is 12.7. The first-order chi connectivity index (χ1) is 9.58. The number of fused-ring (bicyclic) bond motifs is 1. The Hall–Kier alpha value is -2.27. The Bertz CT molecular complexity index is 856. The van der Waals surface area contributed by atoms with Gasteiger partial charge in [-0.2, -0.15) is 0 Å². The smallest absolute Gasteiger partial charge is 0.258 e. The summed E-state index contributed by atoms with van der Waals surface area (Å²) in [5.41, 5.74) is -0.347. The Labute approximate surface area is 116 Å². The van der Waals surface area contributed by atoms with Gasteiger partial charge in [0, 0.05) is 6.20 Å². The number of H-pyrrole nitrogens is 1. The fraction of sp³-hybridized carbons (Fsp3) is 0. The van der Waals surface area contributed by atoms with Crippen molar-refractivity contribution < 1.29 is 8.78 Å². The maximum atomic E-state index is 13.8. The molecule has 0 fully saturated rings. The fourth-order valence-corrected chi connectivity index (χ4v) is 2.30. The van der Waals surface area contributed by atoms with Crippen LogP contribution in [-0.2, 0) is 0 Å². The van der Waals surface area contributed by atoms with Crippen molar-refractivity contribution in [1.82, 2.24) is 9.97 Å². The number of benzene rings is 1. The lowest BCUT2D eigenvalue weighted by Crippen LogP contribution is -2.06. The molecule has 0 radical (unpaired) electrons. The van der Waals surface area contributed by atoms with E-state index in [-0.39, 0.29) is 27.2 Å². The highest BCUT2D eigenvalue weighted by atomic mass is 35.5. The van der Waals surface area contributed by atoms with Gasteiger partial charge in [-0.1, -0.05) is 17.7 Å². The quantitative estimate of drug-likeness (QED) is 0.746. The van der Waals surface area contributed by atoms with Crippen molar-refractivity contribution in [1.29, 1.82) is 0 Å². The highest BCUT2D eigenvalue weighted by Gasteiger charge is 2.15. The molecule has 6 heteroatoms. The van der Waals surface area contributed by atoms with Crippen LogP contribution in [0.15, 0.2) is 41.3 Å². The number of hydrogen-bond donors (Lipinski definition) is 1. The van der Waals surface area contributed by atoms with Gasteiger partial charge in [-0.05, 0) is 24.3 Å². The van der Waals surface area contributed by atoms with E-state index in [1.807, 2.05) is 0 Å². The number of hydrogen-bond acceptors (Lipinski definition) is 2. The van der Waals surface area contributed by atoms with Crippen LogP contribution in [0.4, 0.5) is 8.78 Å². The van der Waals surface area contributed by atoms with E-state index in [4.69, 9.17) is 11.6 Å². The van der Waals surface area contributed by atoms with E-state index in [1.165, 1.54) is 24.4 Å². The summed E-state index contributed by atoms with van der Waals surface area (Å²) in [5.74, 6) is -1.48. The Balaban J connectivity index is 2.37. The zero-order valence-corrected chi connectivity index (χ0v) is 10.7. The van der Waals surface area contributed by atoms with Gasteiger partial charge in [0.05, 0.1) is 27.2 Å². The van der Waals surface area contributed by atoms with Gasteiger partial charge in [-0.15, -0.1) is 0 Å². The second kappa shape index (κ2) is 4.68. The standard InChI is InChI=1S/C14H7ClF2N2O/c15-7-6-11(13-8(16)2-1-3-9(13)17)19-10-4-5-18-14(20)12(7)10/h1-6H,(H,18,20). The summed E-state index contributed by atoms with van der Waals surface area (Å²) in [6, 6.07) is 6.33. The average molecular weight is 293 g/mol. The predicted octanol–water partition coefficient (Wildman–Crippen LogP) is 3.52. The van der Waals surface area contributed by atoms with E-state index in [1.54, 1.807) is 0 Å². The summed E-state index contributed by atoms with van der Waals surface area (Å²) in [6.45, 7) is 0. The summed E-state index contributed by atoms with van der Waals surface area (Å²) in [7, 11) is 0. The molecule has 0 amide bonds. The predicted molar refractivity (Wildman–Crippen MR) is 72.7 cm³/mol. The Kier molecular flexibility index (Phi) is 2.99. The zero-order chi connectivity index (χ0) is 14.3. The molecule has 0 saturated carbocycles. The first-order valence-electron chi connectivity index (χ1n) is 5.70. The van der Waals surface area contributed by atoms with Crippen LogP contribution in [0, 0.1) is 11.6 Å². The maximum Gasteiger partial charge on any atom is 0.258 e. The molecule has 0 spiro atoms. The van der Waals surface area contributed by atoms with E-state index in [0.29, 0.717) is 0 Å². The van der Waals surface area contributed by atoms with Gasteiger partial charge in [-0.25, -0.2) is 13.8 Å². The highest BCUT2D eigenvalue weighted by molar-refractivity contribution is 6.35. The van der Waals surface area contributed by atoms with E-state index >= 15 is 0 Å². The lowest BCUT2D eigenvalue weighted by atomic mass is 10.1. The molecule has 0 atom stereocenters. The van der Waals surface area contributed by atoms with Crippen molar-refractivity contribution in [2.24, 2.45) is 0 Å². The SMILES string of the molecule is O=c1[nH]ccc2nc(-c3c(F)cccc3F)cc(Cl)c12. The van der Waals surface area contributed by atoms with E-state index in [9.17, 15) is 13.6 Å². The van der Waals surface area contributed by atoms with Crippen LogP contribution in [0.3, 0.4) is 0 Å². The lowest BCUT2D eigenvalue weighted by Gasteiger charge is -2.07. The molecule has 100 valence electrons. The molecule has 3 nitrogen and oxygen atoms in total. The second-order valence-corrected chi connectivity index (χ2v) is 4.56. The minimum Gasteiger partial charge on any atom is -0.328 e. The monoisotopic (exact) mass is 292 g/mol. The molecule has 0 unspecified atom stereocenters. The van der Waals surface area contributed by atoms with Crippen LogP contribution in [0.2, 0.25) is 5.02 Å². The number of nitrogens with zero attached hydrogens (tertiary/aromatic N) is 1. The molecule has 2 aromatic heterocycles. The highest BCUT2D eigenvalue weighted by Crippen LogP contribution is 2.29. The molecule has 0 aliphatic carbocycles. The van der Waals surface area contributed by atoms with E-state index in [2.05, 4.69) is 9.97 Å². The molecule has 20 heavy (non-hydrogen) atoms. The third kappa shape index (κ3) is 1.96. The molecule has 0 aliphatic rings. The normalized spacial score (nSPS) is 10.9. The van der Waals surface area contributed by atoms with E-state index < -0.39 is 17.2 Å². The van der Waals surface area contributed by atoms with Crippen molar-refractivity contribution in [2.45, 2.75) is 0 Å². The van der Waals surface area contributed by atoms with Gasteiger partial charge in [0.1, 0.15) is 11.6 Å². The lowest BCUT2D eigenvalue weighted by molar-refractivity contribution is 0.589. The molecule has 0 saturated heterocycles. The van der Waals surface area contributed by atoms with Crippen molar-refractivity contribution in [3.63, 3.8) is 0 Å². The molecular weight excluding hydrogens is 286 g/mol. The Morgan fingerprint density at radius 2 is 1.85 bits per heavy atom. The molecule has 2 heterocycles. The molecule has 3 rings (SSSR count). The largest absolute Gasteiger partial charge is 0.328 e. The average Bonchev–Trinajstić information content (AvgIpc) is 2.38. The van der Waals surface area contributed by atoms with Crippen molar-refractivity contribution >= 4 is 22.5 Å². The summed E-state index contributed by atoms with van der Waals surface area (Å²) in [5, 5.41) is 0.282. The Morgan fingerprint density at radius 1 is 1.15 bits per heavy atom. The molecule has 3 aromatic rings. The third-order valence-corrected chi connectivity index (χ3v) is 3.20. The van der Waals surface area contributed by atoms with Crippen LogP contribution in [-0.4, -0.2) is 9.97 Å². The second-order valence-electron chi connectivity index (χ2n) is 4.15. The van der Waals surface area contributed by atoms with Crippen LogP contribution in [0.5, 0.6) is 0 Å². The molecular formula is C14H7ClF2N2O. The van der Waals surface area contributed by atoms with Gasteiger partial charge in [-0.3, -0.25) is 4.79 Å². The van der Waals surface area contributed by atoms with Crippen LogP contribution in [0.25, 0.3) is 22.2 Å². The fourth-order valence-electron chi connectivity index (χ4n) is 2.02. The minimum absolute atomic E-state index is 0.0451. The maximum absolute atomic E-state index is 13.8. The van der Waals surface area contributed by atoms with Gasteiger partial charge in [0.25, 0.3) is 5.56 Å². The number of nitrogens with one attached hydrogen (secondary N) is 1. The van der Waals surface area contributed by atoms with Gasteiger partial charge in [0.15, 0.2) is 0 Å². The number of rotatable bonds is 1. The minimum atomic E-state index is -0.738. The topological polar surface area (TPSA) is 45.8 Å². The van der Waals surface area contributed by atoms with E-state index in [0.717, 1.165) is 12.1 Å². The van der Waals surface area contributed by atoms with Crippen LogP contribution >= 0.6 is 11.6 Å². The summed E-state index contributed by atoms with van der Waals surface area (Å²) in [4.78, 5) is 18.2. The molecule has 0 bridgehead atoms. The number of aromatic nitrogens is 2. The van der Waals surface area contributed by atoms with Crippen molar-refractivity contribution in [3.8, 4) is 11.3 Å². The summed E-state index contributed by atoms with van der Waals surface area (Å²) >= 11 is 6.02. The number of aromatic amines is 1. The Morgan fingerprint density at radius 3 is 2.55 bits per heavy atom. The molecule has 1 N–H and O–H groups in total. The van der Waals surface area contributed by atoms with Crippen LogP contribution in [0.1, 0.15) is 0 Å². The van der Waals surface area contributed by atoms with Gasteiger partial charge < -0.3 is 4.98 Å². The van der Waals surface area contributed by atoms with Crippen LogP contribution < -0.4 is 5.56 Å². The zero-order valence-electron chi connectivity index (χ0n) is 9.95. The van der Waals surface area contributed by atoms with Crippen molar-refractivity contribution in [2.75, 3.05) is 0 Å².